The summed E-state index contributed by atoms with van der Waals surface area (Å²) in [7, 11) is 1.13. The summed E-state index contributed by atoms with van der Waals surface area (Å²) in [5.74, 6) is -1.64. The first-order chi connectivity index (χ1) is 6.07. The van der Waals surface area contributed by atoms with Crippen LogP contribution in [0.2, 0.25) is 5.02 Å². The number of aromatic nitrogens is 1. The van der Waals surface area contributed by atoms with Gasteiger partial charge in [0.05, 0.1) is 13.3 Å². The van der Waals surface area contributed by atoms with Gasteiger partial charge in [0.25, 0.3) is 6.43 Å². The zero-order valence-corrected chi connectivity index (χ0v) is 7.28. The molecule has 0 bridgehead atoms. The molecule has 0 radical (unpaired) electrons. The molecular weight excluding hydrogens is 207 g/mol. The average Bonchev–Trinajstić information content (AvgIpc) is 2.07. The molecule has 0 amide bonds. The number of rotatable bonds is 2. The van der Waals surface area contributed by atoms with E-state index < -0.39 is 17.9 Å². The Labute approximate surface area is 77.3 Å². The van der Waals surface area contributed by atoms with Crippen molar-refractivity contribution in [3.63, 3.8) is 0 Å². The lowest BCUT2D eigenvalue weighted by Gasteiger charge is -2.08. The highest BCUT2D eigenvalue weighted by Gasteiger charge is 2.22. The summed E-state index contributed by atoms with van der Waals surface area (Å²) in [5.41, 5.74) is -0.907. The summed E-state index contributed by atoms with van der Waals surface area (Å²) < 4.78 is 41.7. The maximum absolute atomic E-state index is 12.7. The van der Waals surface area contributed by atoms with Crippen LogP contribution in [0.1, 0.15) is 12.0 Å². The minimum Gasteiger partial charge on any atom is -0.494 e. The van der Waals surface area contributed by atoms with Gasteiger partial charge in [-0.3, -0.25) is 0 Å². The number of methoxy groups -OCH3 is 1. The van der Waals surface area contributed by atoms with Crippen molar-refractivity contribution in [2.45, 2.75) is 6.43 Å². The summed E-state index contributed by atoms with van der Waals surface area (Å²) in [6, 6.07) is 0. The number of hydrogen-bond acceptors (Lipinski definition) is 2. The van der Waals surface area contributed by atoms with Crippen molar-refractivity contribution < 1.29 is 17.9 Å². The predicted molar refractivity (Wildman–Crippen MR) is 40.7 cm³/mol. The highest BCUT2D eigenvalue weighted by molar-refractivity contribution is 6.32. The summed E-state index contributed by atoms with van der Waals surface area (Å²) in [6.45, 7) is 0. The Hall–Kier alpha value is -0.970. The van der Waals surface area contributed by atoms with Gasteiger partial charge in [-0.15, -0.1) is 0 Å². The van der Waals surface area contributed by atoms with Crippen LogP contribution in [0.25, 0.3) is 0 Å². The molecule has 72 valence electrons. The van der Waals surface area contributed by atoms with E-state index in [1.165, 1.54) is 0 Å². The van der Waals surface area contributed by atoms with Crippen molar-refractivity contribution in [2.75, 3.05) is 7.11 Å². The van der Waals surface area contributed by atoms with E-state index in [4.69, 9.17) is 11.6 Å². The lowest BCUT2D eigenvalue weighted by molar-refractivity contribution is 0.140. The molecule has 6 heteroatoms. The molecule has 0 aliphatic carbocycles. The lowest BCUT2D eigenvalue weighted by Crippen LogP contribution is -1.99. The van der Waals surface area contributed by atoms with E-state index >= 15 is 0 Å². The molecule has 0 atom stereocenters. The van der Waals surface area contributed by atoms with E-state index in [9.17, 15) is 13.2 Å². The first-order valence-corrected chi connectivity index (χ1v) is 3.61. The van der Waals surface area contributed by atoms with Crippen LogP contribution < -0.4 is 4.74 Å². The molecule has 0 saturated carbocycles. The second kappa shape index (κ2) is 3.83. The van der Waals surface area contributed by atoms with Gasteiger partial charge in [0.15, 0.2) is 5.75 Å². The maximum Gasteiger partial charge on any atom is 0.271 e. The van der Waals surface area contributed by atoms with Crippen LogP contribution in [0, 0.1) is 5.95 Å². The minimum absolute atomic E-state index is 0.140. The minimum atomic E-state index is -3.00. The number of halogens is 4. The van der Waals surface area contributed by atoms with Gasteiger partial charge in [-0.25, -0.2) is 13.8 Å². The third kappa shape index (κ3) is 1.85. The van der Waals surface area contributed by atoms with E-state index in [0.29, 0.717) is 0 Å². The molecule has 1 rings (SSSR count). The third-order valence-electron chi connectivity index (χ3n) is 1.40. The van der Waals surface area contributed by atoms with Gasteiger partial charge in [-0.2, -0.15) is 4.39 Å². The van der Waals surface area contributed by atoms with Gasteiger partial charge in [-0.1, -0.05) is 11.6 Å². The van der Waals surface area contributed by atoms with Gasteiger partial charge < -0.3 is 4.74 Å². The van der Waals surface area contributed by atoms with Gasteiger partial charge in [0.1, 0.15) is 10.6 Å². The summed E-state index contributed by atoms with van der Waals surface area (Å²) in [4.78, 5) is 3.05. The molecule has 1 aromatic heterocycles. The van der Waals surface area contributed by atoms with Crippen LogP contribution in [0.5, 0.6) is 5.75 Å². The number of nitrogens with zero attached hydrogens (tertiary/aromatic N) is 1. The first kappa shape index (κ1) is 10.1. The molecule has 0 aliphatic rings. The van der Waals surface area contributed by atoms with Crippen molar-refractivity contribution >= 4 is 11.6 Å². The Balaban J connectivity index is 3.35. The Morgan fingerprint density at radius 2 is 2.15 bits per heavy atom. The Bertz CT molecular complexity index is 319. The maximum atomic E-state index is 12.7. The van der Waals surface area contributed by atoms with Crippen LogP contribution in [-0.2, 0) is 0 Å². The van der Waals surface area contributed by atoms with E-state index in [0.717, 1.165) is 13.3 Å². The third-order valence-corrected chi connectivity index (χ3v) is 1.67. The first-order valence-electron chi connectivity index (χ1n) is 3.24. The zero-order valence-electron chi connectivity index (χ0n) is 6.52. The summed E-state index contributed by atoms with van der Waals surface area (Å²) in [6.07, 6.45) is -2.08. The smallest absolute Gasteiger partial charge is 0.271 e. The SMILES string of the molecule is COc1c(Cl)cnc(F)c1C(F)F. The fourth-order valence-electron chi connectivity index (χ4n) is 0.860. The number of alkyl halides is 2. The highest BCUT2D eigenvalue weighted by Crippen LogP contribution is 2.35. The van der Waals surface area contributed by atoms with Gasteiger partial charge in [0.2, 0.25) is 5.95 Å². The summed E-state index contributed by atoms with van der Waals surface area (Å²) >= 11 is 5.46. The number of pyridine rings is 1. The predicted octanol–water partition coefficient (Wildman–Crippen LogP) is 2.82. The molecule has 13 heavy (non-hydrogen) atoms. The van der Waals surface area contributed by atoms with E-state index in [1.807, 2.05) is 0 Å². The van der Waals surface area contributed by atoms with Crippen LogP contribution in [0.15, 0.2) is 6.20 Å². The fourth-order valence-corrected chi connectivity index (χ4v) is 1.09. The topological polar surface area (TPSA) is 22.1 Å². The van der Waals surface area contributed by atoms with Gasteiger partial charge in [0, 0.05) is 0 Å². The van der Waals surface area contributed by atoms with Gasteiger partial charge in [-0.05, 0) is 0 Å². The molecule has 0 unspecified atom stereocenters. The van der Waals surface area contributed by atoms with E-state index in [2.05, 4.69) is 9.72 Å². The molecule has 2 nitrogen and oxygen atoms in total. The number of ether oxygens (including phenoxy) is 1. The van der Waals surface area contributed by atoms with Crippen molar-refractivity contribution in [1.82, 2.24) is 4.98 Å². The van der Waals surface area contributed by atoms with Crippen LogP contribution in [-0.4, -0.2) is 12.1 Å². The Kier molecular flexibility index (Phi) is 2.98. The second-order valence-corrected chi connectivity index (χ2v) is 2.55. The van der Waals surface area contributed by atoms with E-state index in [-0.39, 0.29) is 10.8 Å². The molecule has 0 fully saturated rings. The average molecular weight is 212 g/mol. The Morgan fingerprint density at radius 1 is 1.54 bits per heavy atom. The molecule has 1 heterocycles. The standard InChI is InChI=1S/C7H5ClF3NO/c1-13-5-3(8)2-12-7(11)4(5)6(9)10/h2,6H,1H3. The molecular formula is C7H5ClF3NO. The van der Waals surface area contributed by atoms with Crippen molar-refractivity contribution in [1.29, 1.82) is 0 Å². The molecule has 0 saturated heterocycles. The second-order valence-electron chi connectivity index (χ2n) is 2.14. The molecule has 0 spiro atoms. The lowest BCUT2D eigenvalue weighted by atomic mass is 10.2. The van der Waals surface area contributed by atoms with Gasteiger partial charge >= 0.3 is 0 Å². The van der Waals surface area contributed by atoms with Crippen LogP contribution >= 0.6 is 11.6 Å². The Morgan fingerprint density at radius 3 is 2.54 bits per heavy atom. The highest BCUT2D eigenvalue weighted by atomic mass is 35.5. The largest absolute Gasteiger partial charge is 0.494 e. The fraction of sp³-hybridized carbons (Fsp3) is 0.286. The monoisotopic (exact) mass is 211 g/mol. The van der Waals surface area contributed by atoms with Crippen molar-refractivity contribution in [3.8, 4) is 5.75 Å². The summed E-state index contributed by atoms with van der Waals surface area (Å²) in [5, 5.41) is -0.140. The van der Waals surface area contributed by atoms with Crippen molar-refractivity contribution in [2.24, 2.45) is 0 Å². The zero-order chi connectivity index (χ0) is 10.0. The molecule has 0 N–H and O–H groups in total. The normalized spacial score (nSPS) is 10.6. The number of hydrogen-bond donors (Lipinski definition) is 0. The van der Waals surface area contributed by atoms with Crippen LogP contribution in [0.4, 0.5) is 13.2 Å². The molecule has 1 aromatic rings. The van der Waals surface area contributed by atoms with Crippen LogP contribution in [0.3, 0.4) is 0 Å². The van der Waals surface area contributed by atoms with E-state index in [1.54, 1.807) is 0 Å². The van der Waals surface area contributed by atoms with Crippen molar-refractivity contribution in [3.05, 3.63) is 22.7 Å². The molecule has 0 aliphatic heterocycles. The quantitative estimate of drug-likeness (QED) is 0.702. The molecule has 0 aromatic carbocycles.